The van der Waals surface area contributed by atoms with E-state index in [0.29, 0.717) is 6.04 Å². The zero-order valence-electron chi connectivity index (χ0n) is 11.2. The van der Waals surface area contributed by atoms with Gasteiger partial charge in [0.05, 0.1) is 11.9 Å². The lowest BCUT2D eigenvalue weighted by molar-refractivity contribution is 0.229. The van der Waals surface area contributed by atoms with Crippen molar-refractivity contribution < 1.29 is 4.74 Å². The molecule has 1 aromatic heterocycles. The first-order valence-electron chi connectivity index (χ1n) is 6.75. The third-order valence-corrected chi connectivity index (χ3v) is 2.99. The van der Waals surface area contributed by atoms with Crippen LogP contribution in [0, 0.1) is 0 Å². The largest absolute Gasteiger partial charge is 0.485 e. The molecule has 1 aliphatic carbocycles. The number of ether oxygens (including phenoxy) is 1. The molecule has 0 fully saturated rings. The van der Waals surface area contributed by atoms with E-state index in [0.717, 1.165) is 24.4 Å². The van der Waals surface area contributed by atoms with E-state index in [1.807, 2.05) is 18.3 Å². The van der Waals surface area contributed by atoms with Crippen LogP contribution in [0.1, 0.15) is 38.8 Å². The first-order valence-corrected chi connectivity index (χ1v) is 6.75. The highest BCUT2D eigenvalue weighted by Gasteiger charge is 2.09. The van der Waals surface area contributed by atoms with Gasteiger partial charge in [0.25, 0.3) is 0 Å². The lowest BCUT2D eigenvalue weighted by atomic mass is 10.1. The molecule has 0 saturated heterocycles. The Bertz CT molecular complexity index is 384. The summed E-state index contributed by atoms with van der Waals surface area (Å²) in [6.07, 6.45) is 9.89. The number of pyridine rings is 1. The summed E-state index contributed by atoms with van der Waals surface area (Å²) >= 11 is 0. The summed E-state index contributed by atoms with van der Waals surface area (Å²) in [7, 11) is 0. The molecule has 1 unspecified atom stereocenters. The highest BCUT2D eigenvalue weighted by atomic mass is 16.5. The average Bonchev–Trinajstić information content (AvgIpc) is 2.39. The highest BCUT2D eigenvalue weighted by Crippen LogP contribution is 2.18. The van der Waals surface area contributed by atoms with Crippen LogP contribution in [0.3, 0.4) is 0 Å². The molecular weight excluding hydrogens is 224 g/mol. The van der Waals surface area contributed by atoms with Gasteiger partial charge in [0.15, 0.2) is 0 Å². The molecule has 1 heterocycles. The molecule has 0 radical (unpaired) electrons. The molecule has 18 heavy (non-hydrogen) atoms. The van der Waals surface area contributed by atoms with Crippen molar-refractivity contribution in [2.24, 2.45) is 0 Å². The second kappa shape index (κ2) is 6.55. The van der Waals surface area contributed by atoms with Gasteiger partial charge in [-0.05, 0) is 37.5 Å². The van der Waals surface area contributed by atoms with Crippen molar-refractivity contribution in [3.05, 3.63) is 36.2 Å². The fourth-order valence-electron chi connectivity index (χ4n) is 1.95. The van der Waals surface area contributed by atoms with Crippen LogP contribution in [0.4, 0.5) is 0 Å². The molecule has 0 aliphatic heterocycles. The predicted molar refractivity (Wildman–Crippen MR) is 73.6 cm³/mol. The van der Waals surface area contributed by atoms with Gasteiger partial charge in [0.1, 0.15) is 11.9 Å². The Hall–Kier alpha value is -1.35. The summed E-state index contributed by atoms with van der Waals surface area (Å²) in [5.41, 5.74) is 1.05. The Morgan fingerprint density at radius 1 is 1.44 bits per heavy atom. The quantitative estimate of drug-likeness (QED) is 0.811. The Kier molecular flexibility index (Phi) is 4.76. The fraction of sp³-hybridized carbons (Fsp3) is 0.533. The summed E-state index contributed by atoms with van der Waals surface area (Å²) < 4.78 is 5.87. The topological polar surface area (TPSA) is 34.1 Å². The van der Waals surface area contributed by atoms with Crippen molar-refractivity contribution in [1.29, 1.82) is 0 Å². The summed E-state index contributed by atoms with van der Waals surface area (Å²) in [6, 6.07) is 4.51. The van der Waals surface area contributed by atoms with Gasteiger partial charge in [-0.15, -0.1) is 0 Å². The van der Waals surface area contributed by atoms with Gasteiger partial charge in [0.2, 0.25) is 0 Å². The molecule has 1 aliphatic rings. The molecule has 0 saturated carbocycles. The third kappa shape index (κ3) is 4.15. The molecule has 3 nitrogen and oxygen atoms in total. The van der Waals surface area contributed by atoms with Gasteiger partial charge in [-0.3, -0.25) is 4.98 Å². The lowest BCUT2D eigenvalue weighted by Crippen LogP contribution is -2.22. The number of nitrogens with zero attached hydrogens (tertiary/aromatic N) is 1. The first-order chi connectivity index (χ1) is 8.74. The first kappa shape index (κ1) is 13.1. The lowest BCUT2D eigenvalue weighted by Gasteiger charge is -2.18. The molecule has 1 atom stereocenters. The molecule has 3 heteroatoms. The van der Waals surface area contributed by atoms with E-state index in [1.165, 1.54) is 12.8 Å². The maximum atomic E-state index is 5.87. The molecule has 0 aromatic carbocycles. The van der Waals surface area contributed by atoms with E-state index in [4.69, 9.17) is 4.74 Å². The maximum Gasteiger partial charge on any atom is 0.138 e. The summed E-state index contributed by atoms with van der Waals surface area (Å²) in [6.45, 7) is 5.07. The number of allylic oxidation sites excluding steroid dienone is 1. The Morgan fingerprint density at radius 2 is 2.33 bits per heavy atom. The Balaban J connectivity index is 1.86. The molecular formula is C15H22N2O. The number of nitrogens with one attached hydrogen (secondary N) is 1. The van der Waals surface area contributed by atoms with Crippen molar-refractivity contribution in [3.8, 4) is 5.75 Å². The minimum Gasteiger partial charge on any atom is -0.485 e. The minimum absolute atomic E-state index is 0.222. The van der Waals surface area contributed by atoms with Crippen molar-refractivity contribution in [2.75, 3.05) is 0 Å². The zero-order chi connectivity index (χ0) is 12.8. The van der Waals surface area contributed by atoms with Crippen LogP contribution in [-0.4, -0.2) is 17.1 Å². The maximum absolute atomic E-state index is 5.87. The van der Waals surface area contributed by atoms with E-state index in [2.05, 4.69) is 36.3 Å². The number of aromatic nitrogens is 1. The Labute approximate surface area is 109 Å². The monoisotopic (exact) mass is 246 g/mol. The molecule has 0 amide bonds. The highest BCUT2D eigenvalue weighted by molar-refractivity contribution is 5.21. The molecule has 1 N–H and O–H groups in total. The normalized spacial score (nSPS) is 19.2. The smallest absolute Gasteiger partial charge is 0.138 e. The van der Waals surface area contributed by atoms with Crippen LogP contribution in [0.25, 0.3) is 0 Å². The van der Waals surface area contributed by atoms with Crippen LogP contribution < -0.4 is 10.1 Å². The molecule has 0 spiro atoms. The molecule has 1 aromatic rings. The van der Waals surface area contributed by atoms with E-state index in [-0.39, 0.29) is 6.10 Å². The minimum atomic E-state index is 0.222. The van der Waals surface area contributed by atoms with Gasteiger partial charge in [-0.2, -0.15) is 0 Å². The van der Waals surface area contributed by atoms with E-state index in [1.54, 1.807) is 0 Å². The van der Waals surface area contributed by atoms with Gasteiger partial charge < -0.3 is 10.1 Å². The van der Waals surface area contributed by atoms with Crippen LogP contribution in [0.5, 0.6) is 5.75 Å². The van der Waals surface area contributed by atoms with Crippen LogP contribution in [0.15, 0.2) is 30.5 Å². The molecule has 0 bridgehead atoms. The number of hydrogen-bond donors (Lipinski definition) is 1. The van der Waals surface area contributed by atoms with Crippen LogP contribution in [0.2, 0.25) is 0 Å². The second-order valence-electron chi connectivity index (χ2n) is 5.04. The van der Waals surface area contributed by atoms with Gasteiger partial charge in [-0.25, -0.2) is 0 Å². The number of rotatable bonds is 5. The third-order valence-electron chi connectivity index (χ3n) is 2.99. The van der Waals surface area contributed by atoms with Gasteiger partial charge in [0, 0.05) is 12.6 Å². The van der Waals surface area contributed by atoms with Gasteiger partial charge in [-0.1, -0.05) is 19.9 Å². The van der Waals surface area contributed by atoms with Crippen LogP contribution >= 0.6 is 0 Å². The van der Waals surface area contributed by atoms with Crippen molar-refractivity contribution in [3.63, 3.8) is 0 Å². The average molecular weight is 246 g/mol. The summed E-state index contributed by atoms with van der Waals surface area (Å²) in [5, 5.41) is 3.35. The van der Waals surface area contributed by atoms with Crippen molar-refractivity contribution >= 4 is 0 Å². The second-order valence-corrected chi connectivity index (χ2v) is 5.04. The fourth-order valence-corrected chi connectivity index (χ4v) is 1.95. The molecule has 98 valence electrons. The van der Waals surface area contributed by atoms with Gasteiger partial charge >= 0.3 is 0 Å². The molecule has 2 rings (SSSR count). The van der Waals surface area contributed by atoms with E-state index < -0.39 is 0 Å². The van der Waals surface area contributed by atoms with Crippen LogP contribution in [-0.2, 0) is 6.54 Å². The zero-order valence-corrected chi connectivity index (χ0v) is 11.2. The standard InChI is InChI=1S/C15H22N2O/c1-12(2)16-10-13-8-9-15(11-17-13)18-14-6-4-3-5-7-14/h4,6,8-9,11-12,14,16H,3,5,7,10H2,1-2H3. The summed E-state index contributed by atoms with van der Waals surface area (Å²) in [5.74, 6) is 0.861. The van der Waals surface area contributed by atoms with E-state index >= 15 is 0 Å². The predicted octanol–water partition coefficient (Wildman–Crippen LogP) is 3.07. The van der Waals surface area contributed by atoms with Crippen molar-refractivity contribution in [1.82, 2.24) is 10.3 Å². The summed E-state index contributed by atoms with van der Waals surface area (Å²) in [4.78, 5) is 4.40. The van der Waals surface area contributed by atoms with E-state index in [9.17, 15) is 0 Å². The Morgan fingerprint density at radius 3 is 2.94 bits per heavy atom. The SMILES string of the molecule is CC(C)NCc1ccc(OC2C=CCCC2)cn1. The number of hydrogen-bond acceptors (Lipinski definition) is 3. The van der Waals surface area contributed by atoms with Crippen molar-refractivity contribution in [2.45, 2.75) is 51.8 Å².